The van der Waals surface area contributed by atoms with Crippen molar-refractivity contribution in [3.63, 3.8) is 0 Å². The van der Waals surface area contributed by atoms with Crippen LogP contribution in [-0.4, -0.2) is 35.8 Å². The lowest BCUT2D eigenvalue weighted by molar-refractivity contribution is -0.384. The minimum absolute atomic E-state index is 0.0139. The highest BCUT2D eigenvalue weighted by molar-refractivity contribution is 8.45. The van der Waals surface area contributed by atoms with Crippen molar-refractivity contribution in [1.82, 2.24) is 9.58 Å². The monoisotopic (exact) mass is 552 g/mol. The summed E-state index contributed by atoms with van der Waals surface area (Å²) in [6.07, 6.45) is 3.61. The molecule has 0 spiro atoms. The number of benzene rings is 3. The number of aromatic nitrogens is 1. The molecule has 0 bridgehead atoms. The second kappa shape index (κ2) is 10.4. The van der Waals surface area contributed by atoms with Crippen LogP contribution >= 0.6 is 23.5 Å². The van der Waals surface area contributed by atoms with Crippen LogP contribution in [0.5, 0.6) is 0 Å². The molecule has 1 amide bonds. The average molecular weight is 553 g/mol. The molecule has 0 radical (unpaired) electrons. The molecular formula is C28H20N6O3S2. The first-order chi connectivity index (χ1) is 19.0. The number of carbonyl (C=O) groups is 1. The Morgan fingerprint density at radius 3 is 2.51 bits per heavy atom. The Labute approximate surface area is 231 Å². The van der Waals surface area contributed by atoms with Crippen molar-refractivity contribution in [2.24, 2.45) is 10.1 Å². The molecule has 0 aliphatic carbocycles. The van der Waals surface area contributed by atoms with E-state index in [2.05, 4.69) is 10.1 Å². The van der Waals surface area contributed by atoms with Gasteiger partial charge in [0.25, 0.3) is 11.6 Å². The first-order valence-electron chi connectivity index (χ1n) is 11.9. The number of amides is 1. The molecule has 6 rings (SSSR count). The van der Waals surface area contributed by atoms with Gasteiger partial charge >= 0.3 is 0 Å². The summed E-state index contributed by atoms with van der Waals surface area (Å²) < 4.78 is 2.76. The topological polar surface area (TPSA) is 117 Å². The van der Waals surface area contributed by atoms with Gasteiger partial charge < -0.3 is 4.57 Å². The number of nitrogens with one attached hydrogen (secondary N) is 1. The molecule has 192 valence electrons. The number of nitrogens with zero attached hydrogens (tertiary/aromatic N) is 5. The lowest BCUT2D eigenvalue weighted by Gasteiger charge is -2.20. The Morgan fingerprint density at radius 2 is 1.74 bits per heavy atom. The Hall–Kier alpha value is -4.48. The van der Waals surface area contributed by atoms with Crippen LogP contribution in [0, 0.1) is 15.5 Å². The van der Waals surface area contributed by atoms with E-state index in [1.54, 1.807) is 30.0 Å². The number of non-ortho nitro benzene ring substituents is 1. The number of hydrogen-bond donors (Lipinski definition) is 1. The first kappa shape index (κ1) is 24.8. The van der Waals surface area contributed by atoms with Gasteiger partial charge in [0.1, 0.15) is 0 Å². The maximum absolute atomic E-state index is 13.0. The van der Waals surface area contributed by atoms with Gasteiger partial charge in [-0.2, -0.15) is 10.0 Å². The van der Waals surface area contributed by atoms with Gasteiger partial charge in [-0.15, -0.1) is 5.10 Å². The van der Waals surface area contributed by atoms with Gasteiger partial charge in [-0.1, -0.05) is 72.4 Å². The quantitative estimate of drug-likeness (QED) is 0.175. The maximum atomic E-state index is 13.0. The van der Waals surface area contributed by atoms with E-state index >= 15 is 0 Å². The summed E-state index contributed by atoms with van der Waals surface area (Å²) in [5, 5.41) is 27.0. The van der Waals surface area contributed by atoms with Crippen molar-refractivity contribution in [2.45, 2.75) is 12.3 Å². The van der Waals surface area contributed by atoms with Crippen molar-refractivity contribution in [1.29, 1.82) is 5.41 Å². The summed E-state index contributed by atoms with van der Waals surface area (Å²) in [5.74, 6) is 0.238. The molecule has 1 N–H and O–H groups in total. The van der Waals surface area contributed by atoms with Gasteiger partial charge in [0.05, 0.1) is 10.5 Å². The standard InChI is InChI=1S/C28H20N6O3S2/c29-25-23(26(35)30-27-33(25)31-28(39-27)38-17-19-6-2-1-3-7-19)14-20-16-32(24-9-5-4-8-22(20)24)15-18-10-12-21(13-11-18)34(36)37/h1-14,16,29H,15,17H2. The summed E-state index contributed by atoms with van der Waals surface area (Å²) in [7, 11) is 0. The Morgan fingerprint density at radius 1 is 1.00 bits per heavy atom. The van der Waals surface area contributed by atoms with Crippen LogP contribution in [0.4, 0.5) is 5.69 Å². The Balaban J connectivity index is 1.27. The summed E-state index contributed by atoms with van der Waals surface area (Å²) >= 11 is 2.84. The largest absolute Gasteiger partial charge is 0.342 e. The van der Waals surface area contributed by atoms with Crippen LogP contribution < -0.4 is 0 Å². The molecule has 2 aliphatic rings. The fraction of sp³-hybridized carbons (Fsp3) is 0.0714. The molecule has 3 aromatic carbocycles. The third kappa shape index (κ3) is 5.01. The van der Waals surface area contributed by atoms with Gasteiger partial charge in [-0.3, -0.25) is 20.3 Å². The van der Waals surface area contributed by atoms with E-state index < -0.39 is 10.8 Å². The molecule has 0 atom stereocenters. The van der Waals surface area contributed by atoms with Crippen molar-refractivity contribution >= 4 is 67.5 Å². The number of amidine groups is 2. The molecule has 0 saturated heterocycles. The second-order valence-electron chi connectivity index (χ2n) is 8.81. The molecule has 0 unspecified atom stereocenters. The molecule has 0 saturated carbocycles. The molecule has 4 aromatic rings. The lowest BCUT2D eigenvalue weighted by atomic mass is 10.1. The summed E-state index contributed by atoms with van der Waals surface area (Å²) in [6.45, 7) is 0.491. The minimum atomic E-state index is -0.476. The van der Waals surface area contributed by atoms with Gasteiger partial charge in [0.15, 0.2) is 10.2 Å². The molecule has 1 aromatic heterocycles. The smallest absolute Gasteiger partial charge is 0.283 e. The van der Waals surface area contributed by atoms with Gasteiger partial charge in [-0.05, 0) is 35.0 Å². The van der Waals surface area contributed by atoms with E-state index in [0.717, 1.165) is 37.7 Å². The predicted molar refractivity (Wildman–Crippen MR) is 157 cm³/mol. The highest BCUT2D eigenvalue weighted by atomic mass is 32.2. The van der Waals surface area contributed by atoms with Crippen molar-refractivity contribution in [3.05, 3.63) is 117 Å². The van der Waals surface area contributed by atoms with Crippen LogP contribution in [0.2, 0.25) is 0 Å². The van der Waals surface area contributed by atoms with E-state index in [0.29, 0.717) is 11.7 Å². The molecule has 9 nitrogen and oxygen atoms in total. The lowest BCUT2D eigenvalue weighted by Crippen LogP contribution is -2.35. The molecule has 39 heavy (non-hydrogen) atoms. The number of thioether (sulfide) groups is 2. The Bertz CT molecular complexity index is 1730. The van der Waals surface area contributed by atoms with Gasteiger partial charge in [0, 0.05) is 47.1 Å². The highest BCUT2D eigenvalue weighted by Crippen LogP contribution is 2.34. The highest BCUT2D eigenvalue weighted by Gasteiger charge is 2.36. The fourth-order valence-corrected chi connectivity index (χ4v) is 6.23. The third-order valence-electron chi connectivity index (χ3n) is 6.26. The molecule has 2 aliphatic heterocycles. The van der Waals surface area contributed by atoms with Crippen LogP contribution in [0.1, 0.15) is 16.7 Å². The van der Waals surface area contributed by atoms with Crippen LogP contribution in [0.3, 0.4) is 0 Å². The third-order valence-corrected chi connectivity index (χ3v) is 8.37. The minimum Gasteiger partial charge on any atom is -0.342 e. The molecule has 11 heteroatoms. The summed E-state index contributed by atoms with van der Waals surface area (Å²) in [5.41, 5.74) is 3.98. The fourth-order valence-electron chi connectivity index (χ4n) is 4.35. The van der Waals surface area contributed by atoms with Crippen molar-refractivity contribution < 1.29 is 9.72 Å². The zero-order chi connectivity index (χ0) is 26.9. The number of fused-ring (bicyclic) bond motifs is 2. The summed E-state index contributed by atoms with van der Waals surface area (Å²) in [4.78, 5) is 27.8. The summed E-state index contributed by atoms with van der Waals surface area (Å²) in [6, 6.07) is 24.3. The number of carbonyl (C=O) groups excluding carboxylic acids is 1. The number of hydrogen-bond acceptors (Lipinski definition) is 7. The van der Waals surface area contributed by atoms with Gasteiger partial charge in [-0.25, -0.2) is 0 Å². The first-order valence-corrected chi connectivity index (χ1v) is 13.7. The number of para-hydroxylation sites is 1. The van der Waals surface area contributed by atoms with E-state index in [1.807, 2.05) is 65.4 Å². The zero-order valence-corrected chi connectivity index (χ0v) is 22.0. The van der Waals surface area contributed by atoms with Crippen molar-refractivity contribution in [3.8, 4) is 0 Å². The van der Waals surface area contributed by atoms with E-state index in [-0.39, 0.29) is 17.1 Å². The Kier molecular flexibility index (Phi) is 6.59. The van der Waals surface area contributed by atoms with E-state index in [1.165, 1.54) is 28.9 Å². The number of aliphatic imine (C=N–C) groups is 1. The average Bonchev–Trinajstić information content (AvgIpc) is 3.52. The zero-order valence-electron chi connectivity index (χ0n) is 20.4. The maximum Gasteiger partial charge on any atom is 0.283 e. The molecular weight excluding hydrogens is 532 g/mol. The number of nitro groups is 1. The van der Waals surface area contributed by atoms with E-state index in [4.69, 9.17) is 5.41 Å². The SMILES string of the molecule is N=C1C(=Cc2cn(Cc3ccc([N+](=O)[O-])cc3)c3ccccc23)C(=O)N=C2SC(SCc3ccccc3)=NN12. The molecule has 0 fully saturated rings. The number of hydrazone groups is 1. The van der Waals surface area contributed by atoms with E-state index in [9.17, 15) is 14.9 Å². The van der Waals surface area contributed by atoms with Crippen molar-refractivity contribution in [2.75, 3.05) is 0 Å². The second-order valence-corrected chi connectivity index (χ2v) is 11.0. The normalized spacial score (nSPS) is 16.0. The van der Waals surface area contributed by atoms with Gasteiger partial charge in [0.2, 0.25) is 5.17 Å². The number of rotatable bonds is 6. The van der Waals surface area contributed by atoms with Crippen LogP contribution in [-0.2, 0) is 17.1 Å². The molecule has 3 heterocycles. The predicted octanol–water partition coefficient (Wildman–Crippen LogP) is 6.11. The van der Waals surface area contributed by atoms with Crippen LogP contribution in [0.15, 0.2) is 101 Å². The number of nitro benzene ring substituents is 1. The van der Waals surface area contributed by atoms with Crippen LogP contribution in [0.25, 0.3) is 17.0 Å².